The van der Waals surface area contributed by atoms with Crippen molar-refractivity contribution < 1.29 is 4.79 Å². The van der Waals surface area contributed by atoms with E-state index in [9.17, 15) is 4.79 Å². The Morgan fingerprint density at radius 3 is 2.90 bits per heavy atom. The molecule has 2 nitrogen and oxygen atoms in total. The summed E-state index contributed by atoms with van der Waals surface area (Å²) in [5.41, 5.74) is 2.06. The van der Waals surface area contributed by atoms with Gasteiger partial charge in [-0.2, -0.15) is 0 Å². The van der Waals surface area contributed by atoms with E-state index in [0.29, 0.717) is 0 Å². The van der Waals surface area contributed by atoms with Crippen LogP contribution in [0, 0.1) is 0 Å². The molecule has 110 valence electrons. The van der Waals surface area contributed by atoms with Crippen molar-refractivity contribution in [3.8, 4) is 0 Å². The Labute approximate surface area is 145 Å². The normalized spacial score (nSPS) is 17.7. The van der Waals surface area contributed by atoms with Gasteiger partial charge in [0, 0.05) is 20.4 Å². The first kappa shape index (κ1) is 15.3. The molecular formula is C16H15Br2NOS. The van der Waals surface area contributed by atoms with Gasteiger partial charge in [-0.3, -0.25) is 4.79 Å². The molecular weight excluding hydrogens is 414 g/mol. The van der Waals surface area contributed by atoms with Crippen LogP contribution in [0.25, 0.3) is 0 Å². The molecule has 1 aliphatic heterocycles. The van der Waals surface area contributed by atoms with E-state index in [-0.39, 0.29) is 11.9 Å². The molecule has 1 aromatic carbocycles. The number of carbonyl (C=O) groups excluding carboxylic acids is 1. The van der Waals surface area contributed by atoms with Crippen molar-refractivity contribution in [3.63, 3.8) is 0 Å². The van der Waals surface area contributed by atoms with Gasteiger partial charge in [-0.05, 0) is 64.0 Å². The topological polar surface area (TPSA) is 20.3 Å². The highest BCUT2D eigenvalue weighted by atomic mass is 79.9. The molecule has 1 atom stereocenters. The van der Waals surface area contributed by atoms with Gasteiger partial charge in [0.2, 0.25) is 0 Å². The number of nitrogens with zero attached hydrogens (tertiary/aromatic N) is 1. The van der Waals surface area contributed by atoms with E-state index < -0.39 is 0 Å². The number of benzene rings is 1. The molecule has 2 aromatic rings. The zero-order valence-corrected chi connectivity index (χ0v) is 15.6. The molecule has 2 heterocycles. The van der Waals surface area contributed by atoms with E-state index in [2.05, 4.69) is 50.2 Å². The third-order valence-electron chi connectivity index (χ3n) is 3.90. The second-order valence-electron chi connectivity index (χ2n) is 5.10. The smallest absolute Gasteiger partial charge is 0.255 e. The van der Waals surface area contributed by atoms with Gasteiger partial charge in [-0.15, -0.1) is 11.3 Å². The van der Waals surface area contributed by atoms with Gasteiger partial charge in [0.25, 0.3) is 5.91 Å². The van der Waals surface area contributed by atoms with E-state index in [0.717, 1.165) is 33.9 Å². The molecule has 0 bridgehead atoms. The molecule has 0 radical (unpaired) electrons. The Bertz CT molecular complexity index is 683. The lowest BCUT2D eigenvalue weighted by Gasteiger charge is -2.35. The molecule has 21 heavy (non-hydrogen) atoms. The largest absolute Gasteiger partial charge is 0.331 e. The quantitative estimate of drug-likeness (QED) is 0.624. The van der Waals surface area contributed by atoms with Crippen LogP contribution in [-0.2, 0) is 6.42 Å². The SMILES string of the molecule is CCC1c2ccsc2CCN1C(=O)c1ccc(Br)cc1Br. The van der Waals surface area contributed by atoms with Crippen molar-refractivity contribution in [3.05, 3.63) is 54.6 Å². The average molecular weight is 429 g/mol. The van der Waals surface area contributed by atoms with Crippen molar-refractivity contribution in [2.24, 2.45) is 0 Å². The summed E-state index contributed by atoms with van der Waals surface area (Å²) >= 11 is 8.74. The molecule has 0 aliphatic carbocycles. The van der Waals surface area contributed by atoms with Crippen LogP contribution in [-0.4, -0.2) is 17.4 Å². The molecule has 0 spiro atoms. The Morgan fingerprint density at radius 1 is 1.38 bits per heavy atom. The van der Waals surface area contributed by atoms with Crippen LogP contribution < -0.4 is 0 Å². The summed E-state index contributed by atoms with van der Waals surface area (Å²) in [5.74, 6) is 0.109. The molecule has 3 rings (SSSR count). The van der Waals surface area contributed by atoms with Crippen LogP contribution in [0.3, 0.4) is 0 Å². The van der Waals surface area contributed by atoms with E-state index in [1.54, 1.807) is 11.3 Å². The summed E-state index contributed by atoms with van der Waals surface area (Å²) in [5, 5.41) is 2.14. The second-order valence-corrected chi connectivity index (χ2v) is 7.87. The minimum absolute atomic E-state index is 0.109. The van der Waals surface area contributed by atoms with E-state index in [1.165, 1.54) is 10.4 Å². The maximum atomic E-state index is 12.9. The van der Waals surface area contributed by atoms with Crippen molar-refractivity contribution in [1.82, 2.24) is 4.90 Å². The van der Waals surface area contributed by atoms with Gasteiger partial charge in [0.15, 0.2) is 0 Å². The first-order valence-electron chi connectivity index (χ1n) is 6.94. The van der Waals surface area contributed by atoms with Gasteiger partial charge in [0.1, 0.15) is 0 Å². The molecule has 1 unspecified atom stereocenters. The first-order chi connectivity index (χ1) is 10.1. The lowest BCUT2D eigenvalue weighted by atomic mass is 9.97. The summed E-state index contributed by atoms with van der Waals surface area (Å²) < 4.78 is 1.81. The molecule has 0 fully saturated rings. The fourth-order valence-corrected chi connectivity index (χ4v) is 5.04. The van der Waals surface area contributed by atoms with Crippen LogP contribution in [0.5, 0.6) is 0 Å². The van der Waals surface area contributed by atoms with E-state index in [4.69, 9.17) is 0 Å². The van der Waals surface area contributed by atoms with Crippen LogP contribution in [0.15, 0.2) is 38.6 Å². The predicted octanol–water partition coefficient (Wildman–Crippen LogP) is 5.42. The fraction of sp³-hybridized carbons (Fsp3) is 0.312. The van der Waals surface area contributed by atoms with Crippen molar-refractivity contribution >= 4 is 49.1 Å². The van der Waals surface area contributed by atoms with Crippen LogP contribution in [0.4, 0.5) is 0 Å². The number of fused-ring (bicyclic) bond motifs is 1. The highest BCUT2D eigenvalue weighted by Gasteiger charge is 2.31. The van der Waals surface area contributed by atoms with Crippen molar-refractivity contribution in [1.29, 1.82) is 0 Å². The predicted molar refractivity (Wildman–Crippen MR) is 93.9 cm³/mol. The molecule has 0 saturated carbocycles. The zero-order chi connectivity index (χ0) is 15.0. The van der Waals surface area contributed by atoms with Crippen molar-refractivity contribution in [2.75, 3.05) is 6.54 Å². The summed E-state index contributed by atoms with van der Waals surface area (Å²) in [6.07, 6.45) is 1.91. The Kier molecular flexibility index (Phi) is 4.52. The van der Waals surface area contributed by atoms with Gasteiger partial charge in [-0.25, -0.2) is 0 Å². The second kappa shape index (κ2) is 6.23. The lowest BCUT2D eigenvalue weighted by molar-refractivity contribution is 0.0656. The van der Waals surface area contributed by atoms with Gasteiger partial charge in [-0.1, -0.05) is 22.9 Å². The van der Waals surface area contributed by atoms with Gasteiger partial charge >= 0.3 is 0 Å². The van der Waals surface area contributed by atoms with Crippen LogP contribution >= 0.6 is 43.2 Å². The lowest BCUT2D eigenvalue weighted by Crippen LogP contribution is -2.39. The summed E-state index contributed by atoms with van der Waals surface area (Å²) in [4.78, 5) is 16.4. The molecule has 1 aliphatic rings. The van der Waals surface area contributed by atoms with E-state index >= 15 is 0 Å². The summed E-state index contributed by atoms with van der Waals surface area (Å²) in [6.45, 7) is 2.95. The number of hydrogen-bond donors (Lipinski definition) is 0. The number of rotatable bonds is 2. The van der Waals surface area contributed by atoms with Crippen LogP contribution in [0.2, 0.25) is 0 Å². The van der Waals surface area contributed by atoms with Crippen molar-refractivity contribution in [2.45, 2.75) is 25.8 Å². The molecule has 5 heteroatoms. The highest BCUT2D eigenvalue weighted by Crippen LogP contribution is 2.36. The number of halogens is 2. The Hall–Kier alpha value is -0.650. The molecule has 0 N–H and O–H groups in total. The third-order valence-corrected chi connectivity index (χ3v) is 6.05. The van der Waals surface area contributed by atoms with Crippen LogP contribution in [0.1, 0.15) is 40.2 Å². The average Bonchev–Trinajstić information content (AvgIpc) is 2.94. The maximum Gasteiger partial charge on any atom is 0.255 e. The minimum Gasteiger partial charge on any atom is -0.331 e. The Morgan fingerprint density at radius 2 is 2.19 bits per heavy atom. The molecule has 0 saturated heterocycles. The fourth-order valence-electron chi connectivity index (χ4n) is 2.90. The molecule has 1 amide bonds. The standard InChI is InChI=1S/C16H15Br2NOS/c1-2-14-12-6-8-21-15(12)5-7-19(14)16(20)11-4-3-10(17)9-13(11)18/h3-4,6,8-9,14H,2,5,7H2,1H3. The third kappa shape index (κ3) is 2.83. The monoisotopic (exact) mass is 427 g/mol. The number of amides is 1. The number of carbonyl (C=O) groups is 1. The van der Waals surface area contributed by atoms with E-state index in [1.807, 2.05) is 23.1 Å². The number of thiophene rings is 1. The summed E-state index contributed by atoms with van der Waals surface area (Å²) in [7, 11) is 0. The van der Waals surface area contributed by atoms with Gasteiger partial charge in [0.05, 0.1) is 11.6 Å². The zero-order valence-electron chi connectivity index (χ0n) is 11.6. The Balaban J connectivity index is 1.94. The highest BCUT2D eigenvalue weighted by molar-refractivity contribution is 9.11. The maximum absolute atomic E-state index is 12.9. The van der Waals surface area contributed by atoms with Gasteiger partial charge < -0.3 is 4.90 Å². The first-order valence-corrected chi connectivity index (χ1v) is 9.40. The minimum atomic E-state index is 0.109. The molecule has 1 aromatic heterocycles. The number of hydrogen-bond acceptors (Lipinski definition) is 2. The summed E-state index contributed by atoms with van der Waals surface area (Å²) in [6, 6.07) is 8.09.